The minimum Gasteiger partial charge on any atom is -0.494 e. The number of morpholine rings is 1. The summed E-state index contributed by atoms with van der Waals surface area (Å²) >= 11 is 0. The van der Waals surface area contributed by atoms with E-state index in [0.29, 0.717) is 19.7 Å². The molecule has 2 rings (SSSR count). The second-order valence-corrected chi connectivity index (χ2v) is 6.67. The van der Waals surface area contributed by atoms with Crippen LogP contribution in [0, 0.1) is 0 Å². The Kier molecular flexibility index (Phi) is 6.63. The van der Waals surface area contributed by atoms with E-state index < -0.39 is 0 Å². The van der Waals surface area contributed by atoms with Crippen molar-refractivity contribution in [2.75, 3.05) is 26.7 Å². The van der Waals surface area contributed by atoms with Crippen molar-refractivity contribution < 1.29 is 14.3 Å². The van der Waals surface area contributed by atoms with E-state index in [4.69, 9.17) is 9.47 Å². The van der Waals surface area contributed by atoms with Gasteiger partial charge in [-0.3, -0.25) is 9.69 Å². The largest absolute Gasteiger partial charge is 0.494 e. The molecule has 1 saturated heterocycles. The highest BCUT2D eigenvalue weighted by Gasteiger charge is 2.30. The summed E-state index contributed by atoms with van der Waals surface area (Å²) in [7, 11) is 1.99. The molecule has 3 unspecified atom stereocenters. The Morgan fingerprint density at radius 3 is 2.42 bits per heavy atom. The molecule has 1 aromatic rings. The summed E-state index contributed by atoms with van der Waals surface area (Å²) in [4.78, 5) is 16.8. The van der Waals surface area contributed by atoms with Gasteiger partial charge >= 0.3 is 0 Å². The second-order valence-electron chi connectivity index (χ2n) is 6.67. The van der Waals surface area contributed by atoms with Gasteiger partial charge in [-0.15, -0.1) is 0 Å². The number of ether oxygens (including phenoxy) is 2. The van der Waals surface area contributed by atoms with Crippen LogP contribution in [0.5, 0.6) is 5.75 Å². The van der Waals surface area contributed by atoms with Gasteiger partial charge in [-0.25, -0.2) is 0 Å². The van der Waals surface area contributed by atoms with Gasteiger partial charge in [0, 0.05) is 19.6 Å². The number of rotatable bonds is 6. The van der Waals surface area contributed by atoms with Crippen LogP contribution in [0.2, 0.25) is 0 Å². The molecule has 0 radical (unpaired) electrons. The maximum atomic E-state index is 12.8. The van der Waals surface area contributed by atoms with Gasteiger partial charge in [0.05, 0.1) is 24.9 Å². The zero-order valence-electron chi connectivity index (χ0n) is 15.5. The van der Waals surface area contributed by atoms with Crippen LogP contribution in [0.15, 0.2) is 24.3 Å². The highest BCUT2D eigenvalue weighted by molar-refractivity contribution is 5.81. The molecule has 0 spiro atoms. The monoisotopic (exact) mass is 334 g/mol. The second kappa shape index (κ2) is 8.49. The number of carbonyl (C=O) groups excluding carboxylic acids is 1. The fourth-order valence-electron chi connectivity index (χ4n) is 3.09. The van der Waals surface area contributed by atoms with Crippen molar-refractivity contribution in [1.29, 1.82) is 0 Å². The predicted molar refractivity (Wildman–Crippen MR) is 95.1 cm³/mol. The fraction of sp³-hybridized carbons (Fsp3) is 0.632. The quantitative estimate of drug-likeness (QED) is 0.802. The summed E-state index contributed by atoms with van der Waals surface area (Å²) in [6.45, 7) is 10.7. The summed E-state index contributed by atoms with van der Waals surface area (Å²) in [6.07, 6.45) is 0.197. The minimum atomic E-state index is -0.158. The van der Waals surface area contributed by atoms with Crippen molar-refractivity contribution in [2.45, 2.75) is 52.5 Å². The molecule has 1 aromatic carbocycles. The Balaban J connectivity index is 1.93. The lowest BCUT2D eigenvalue weighted by atomic mass is 10.1. The molecule has 0 aliphatic carbocycles. The molecule has 1 aliphatic heterocycles. The van der Waals surface area contributed by atoms with Gasteiger partial charge in [-0.05, 0) is 52.4 Å². The normalized spacial score (nSPS) is 22.5. The number of likely N-dealkylation sites (N-methyl/N-ethyl adjacent to an activating group) is 1. The topological polar surface area (TPSA) is 42.0 Å². The third-order valence-corrected chi connectivity index (χ3v) is 4.42. The van der Waals surface area contributed by atoms with Crippen molar-refractivity contribution in [3.63, 3.8) is 0 Å². The van der Waals surface area contributed by atoms with Crippen LogP contribution in [0.3, 0.4) is 0 Å². The third-order valence-electron chi connectivity index (χ3n) is 4.42. The maximum absolute atomic E-state index is 12.8. The smallest absolute Gasteiger partial charge is 0.239 e. The Bertz CT molecular complexity index is 522. The Hall–Kier alpha value is -1.59. The summed E-state index contributed by atoms with van der Waals surface area (Å²) in [5, 5.41) is 0. The minimum absolute atomic E-state index is 0.0984. The molecular formula is C19H30N2O3. The van der Waals surface area contributed by atoms with E-state index in [1.807, 2.05) is 51.8 Å². The van der Waals surface area contributed by atoms with Gasteiger partial charge in [0.1, 0.15) is 5.75 Å². The molecule has 0 aromatic heterocycles. The zero-order valence-corrected chi connectivity index (χ0v) is 15.5. The first kappa shape index (κ1) is 18.7. The molecule has 24 heavy (non-hydrogen) atoms. The van der Waals surface area contributed by atoms with E-state index >= 15 is 0 Å². The maximum Gasteiger partial charge on any atom is 0.239 e. The molecular weight excluding hydrogens is 304 g/mol. The van der Waals surface area contributed by atoms with Crippen molar-refractivity contribution >= 4 is 5.91 Å². The van der Waals surface area contributed by atoms with Gasteiger partial charge in [0.25, 0.3) is 0 Å². The van der Waals surface area contributed by atoms with Crippen LogP contribution in [-0.4, -0.2) is 60.7 Å². The molecule has 5 nitrogen and oxygen atoms in total. The van der Waals surface area contributed by atoms with E-state index in [2.05, 4.69) is 17.0 Å². The van der Waals surface area contributed by atoms with Crippen molar-refractivity contribution in [3.05, 3.63) is 29.8 Å². The third kappa shape index (κ3) is 4.95. The van der Waals surface area contributed by atoms with Crippen molar-refractivity contribution in [2.24, 2.45) is 0 Å². The van der Waals surface area contributed by atoms with E-state index in [9.17, 15) is 4.79 Å². The van der Waals surface area contributed by atoms with Gasteiger partial charge in [0.2, 0.25) is 5.91 Å². The highest BCUT2D eigenvalue weighted by atomic mass is 16.5. The van der Waals surface area contributed by atoms with E-state index in [-0.39, 0.29) is 24.2 Å². The number of nitrogens with zero attached hydrogens (tertiary/aromatic N) is 2. The molecule has 1 amide bonds. The van der Waals surface area contributed by atoms with Gasteiger partial charge in [0.15, 0.2) is 0 Å². The highest BCUT2D eigenvalue weighted by Crippen LogP contribution is 2.16. The average molecular weight is 334 g/mol. The van der Waals surface area contributed by atoms with Crippen LogP contribution in [0.4, 0.5) is 0 Å². The van der Waals surface area contributed by atoms with Gasteiger partial charge < -0.3 is 14.4 Å². The standard InChI is InChI=1S/C19H30N2O3/c1-6-23-18-9-7-17(8-10-18)13-20(5)16(4)19(22)21-11-14(2)24-15(3)12-21/h7-10,14-16H,6,11-13H2,1-5H3. The number of hydrogen-bond donors (Lipinski definition) is 0. The lowest BCUT2D eigenvalue weighted by Gasteiger charge is -2.38. The first-order valence-corrected chi connectivity index (χ1v) is 8.77. The van der Waals surface area contributed by atoms with Gasteiger partial charge in [-0.2, -0.15) is 0 Å². The molecule has 1 aliphatic rings. The lowest BCUT2D eigenvalue weighted by molar-refractivity contribution is -0.147. The predicted octanol–water partition coefficient (Wildman–Crippen LogP) is 2.54. The number of benzene rings is 1. The summed E-state index contributed by atoms with van der Waals surface area (Å²) in [5.74, 6) is 1.05. The van der Waals surface area contributed by atoms with Crippen LogP contribution < -0.4 is 4.74 Å². The molecule has 0 N–H and O–H groups in total. The van der Waals surface area contributed by atoms with Crippen LogP contribution in [0.25, 0.3) is 0 Å². The van der Waals surface area contributed by atoms with Crippen LogP contribution >= 0.6 is 0 Å². The first-order chi connectivity index (χ1) is 11.4. The number of hydrogen-bond acceptors (Lipinski definition) is 4. The summed E-state index contributed by atoms with van der Waals surface area (Å²) in [5.41, 5.74) is 1.17. The Labute approximate surface area is 145 Å². The van der Waals surface area contributed by atoms with Crippen LogP contribution in [0.1, 0.15) is 33.3 Å². The van der Waals surface area contributed by atoms with E-state index in [1.54, 1.807) is 0 Å². The average Bonchev–Trinajstić information content (AvgIpc) is 2.54. The summed E-state index contributed by atoms with van der Waals surface area (Å²) < 4.78 is 11.2. The molecule has 3 atom stereocenters. The van der Waals surface area contributed by atoms with E-state index in [1.165, 1.54) is 5.56 Å². The van der Waals surface area contributed by atoms with Gasteiger partial charge in [-0.1, -0.05) is 12.1 Å². The molecule has 0 saturated carbocycles. The Morgan fingerprint density at radius 1 is 1.29 bits per heavy atom. The Morgan fingerprint density at radius 2 is 1.88 bits per heavy atom. The van der Waals surface area contributed by atoms with Crippen molar-refractivity contribution in [3.8, 4) is 5.75 Å². The SMILES string of the molecule is CCOc1ccc(CN(C)C(C)C(=O)N2CC(C)OC(C)C2)cc1. The van der Waals surface area contributed by atoms with Crippen molar-refractivity contribution in [1.82, 2.24) is 9.80 Å². The molecule has 1 fully saturated rings. The zero-order chi connectivity index (χ0) is 17.7. The summed E-state index contributed by atoms with van der Waals surface area (Å²) in [6, 6.07) is 7.90. The number of amides is 1. The number of carbonyl (C=O) groups is 1. The fourth-order valence-corrected chi connectivity index (χ4v) is 3.09. The molecule has 0 bridgehead atoms. The van der Waals surface area contributed by atoms with Crippen LogP contribution in [-0.2, 0) is 16.1 Å². The molecule has 1 heterocycles. The molecule has 5 heteroatoms. The molecule has 134 valence electrons. The lowest BCUT2D eigenvalue weighted by Crippen LogP contribution is -2.53. The van der Waals surface area contributed by atoms with E-state index in [0.717, 1.165) is 12.3 Å². The first-order valence-electron chi connectivity index (χ1n) is 8.77.